The maximum absolute atomic E-state index is 13.3. The first-order valence-electron chi connectivity index (χ1n) is 4.06. The number of rotatable bonds is 2. The van der Waals surface area contributed by atoms with E-state index < -0.39 is 17.5 Å². The summed E-state index contributed by atoms with van der Waals surface area (Å²) >= 11 is 0. The zero-order chi connectivity index (χ0) is 10.7. The molecule has 0 saturated carbocycles. The predicted molar refractivity (Wildman–Crippen MR) is 48.6 cm³/mol. The maximum Gasteiger partial charge on any atom is 0.206 e. The average Bonchev–Trinajstić information content (AvgIpc) is 2.21. The van der Waals surface area contributed by atoms with Crippen molar-refractivity contribution in [1.29, 1.82) is 5.26 Å². The molecular weight excluding hydrogens is 185 g/mol. The first-order valence-corrected chi connectivity index (χ1v) is 4.06. The van der Waals surface area contributed by atoms with Crippen LogP contribution in [0.4, 0.5) is 4.39 Å². The Morgan fingerprint density at radius 2 is 2.21 bits per heavy atom. The molecule has 4 heteroatoms. The Bertz CT molecular complexity index is 384. The molecule has 0 radical (unpaired) electrons. The van der Waals surface area contributed by atoms with Crippen molar-refractivity contribution in [1.82, 2.24) is 0 Å². The van der Waals surface area contributed by atoms with Crippen LogP contribution in [0.1, 0.15) is 18.4 Å². The smallest absolute Gasteiger partial charge is 0.206 e. The van der Waals surface area contributed by atoms with Crippen molar-refractivity contribution in [3.05, 3.63) is 23.5 Å². The minimum Gasteiger partial charge on any atom is -0.504 e. The molecule has 3 nitrogen and oxygen atoms in total. The SMILES string of the molecule is COc1ccc(C(C)C#N)c(O)c1F. The fourth-order valence-corrected chi connectivity index (χ4v) is 1.14. The molecule has 1 aromatic carbocycles. The molecule has 0 aliphatic heterocycles. The van der Waals surface area contributed by atoms with Crippen LogP contribution in [0, 0.1) is 17.1 Å². The summed E-state index contributed by atoms with van der Waals surface area (Å²) in [7, 11) is 1.31. The monoisotopic (exact) mass is 195 g/mol. The Hall–Kier alpha value is -1.76. The Morgan fingerprint density at radius 3 is 2.71 bits per heavy atom. The lowest BCUT2D eigenvalue weighted by Crippen LogP contribution is -1.95. The Balaban J connectivity index is 3.25. The lowest BCUT2D eigenvalue weighted by Gasteiger charge is -2.09. The molecular formula is C10H10FNO2. The normalized spacial score (nSPS) is 11.9. The van der Waals surface area contributed by atoms with Gasteiger partial charge in [0.1, 0.15) is 0 Å². The number of phenols is 1. The number of benzene rings is 1. The van der Waals surface area contributed by atoms with Gasteiger partial charge in [0.05, 0.1) is 19.1 Å². The summed E-state index contributed by atoms with van der Waals surface area (Å²) in [6.07, 6.45) is 0. The number of nitrogens with zero attached hydrogens (tertiary/aromatic N) is 1. The predicted octanol–water partition coefficient (Wildman–Crippen LogP) is 2.17. The second-order valence-electron chi connectivity index (χ2n) is 2.87. The molecule has 1 N–H and O–H groups in total. The van der Waals surface area contributed by atoms with Gasteiger partial charge in [-0.1, -0.05) is 6.07 Å². The standard InChI is InChI=1S/C10H10FNO2/c1-6(5-12)7-3-4-8(14-2)9(11)10(7)13/h3-4,6,13H,1-2H3. The molecule has 1 unspecified atom stereocenters. The van der Waals surface area contributed by atoms with Crippen LogP contribution in [0.25, 0.3) is 0 Å². The number of methoxy groups -OCH3 is 1. The maximum atomic E-state index is 13.3. The third kappa shape index (κ3) is 1.62. The number of halogens is 1. The quantitative estimate of drug-likeness (QED) is 0.786. The van der Waals surface area contributed by atoms with Crippen molar-refractivity contribution in [2.24, 2.45) is 0 Å². The van der Waals surface area contributed by atoms with Crippen molar-refractivity contribution in [2.45, 2.75) is 12.8 Å². The highest BCUT2D eigenvalue weighted by Crippen LogP contribution is 2.33. The summed E-state index contributed by atoms with van der Waals surface area (Å²) in [6.45, 7) is 1.58. The number of nitriles is 1. The van der Waals surface area contributed by atoms with Gasteiger partial charge < -0.3 is 9.84 Å². The minimum atomic E-state index is -0.827. The van der Waals surface area contributed by atoms with Gasteiger partial charge in [0.25, 0.3) is 0 Å². The van der Waals surface area contributed by atoms with Gasteiger partial charge in [-0.15, -0.1) is 0 Å². The van der Waals surface area contributed by atoms with Gasteiger partial charge in [-0.25, -0.2) is 0 Å². The third-order valence-electron chi connectivity index (χ3n) is 1.99. The van der Waals surface area contributed by atoms with Gasteiger partial charge >= 0.3 is 0 Å². The van der Waals surface area contributed by atoms with Gasteiger partial charge in [0.2, 0.25) is 5.82 Å². The van der Waals surface area contributed by atoms with Gasteiger partial charge in [-0.2, -0.15) is 9.65 Å². The Morgan fingerprint density at radius 1 is 1.57 bits per heavy atom. The van der Waals surface area contributed by atoms with Crippen LogP contribution >= 0.6 is 0 Å². The summed E-state index contributed by atoms with van der Waals surface area (Å²) in [6, 6.07) is 4.78. The van der Waals surface area contributed by atoms with Crippen LogP contribution in [0.5, 0.6) is 11.5 Å². The Kier molecular flexibility index (Phi) is 2.92. The van der Waals surface area contributed by atoms with Crippen LogP contribution in [0.3, 0.4) is 0 Å². The van der Waals surface area contributed by atoms with Crippen LogP contribution in [0.15, 0.2) is 12.1 Å². The number of ether oxygens (including phenoxy) is 1. The van der Waals surface area contributed by atoms with Crippen LogP contribution in [0.2, 0.25) is 0 Å². The first-order chi connectivity index (χ1) is 6.61. The molecule has 1 rings (SSSR count). The second-order valence-corrected chi connectivity index (χ2v) is 2.87. The summed E-state index contributed by atoms with van der Waals surface area (Å²) in [5.41, 5.74) is 0.269. The third-order valence-corrected chi connectivity index (χ3v) is 1.99. The van der Waals surface area contributed by atoms with Crippen LogP contribution in [-0.4, -0.2) is 12.2 Å². The van der Waals surface area contributed by atoms with Gasteiger partial charge in [-0.05, 0) is 13.0 Å². The molecule has 1 atom stereocenters. The molecule has 0 heterocycles. The molecule has 1 aromatic rings. The topological polar surface area (TPSA) is 53.2 Å². The van der Waals surface area contributed by atoms with Gasteiger partial charge in [0.15, 0.2) is 11.5 Å². The van der Waals surface area contributed by atoms with Crippen molar-refractivity contribution >= 4 is 0 Å². The molecule has 0 aliphatic rings. The van der Waals surface area contributed by atoms with Crippen LogP contribution < -0.4 is 4.74 Å². The van der Waals surface area contributed by atoms with E-state index in [1.165, 1.54) is 19.2 Å². The molecule has 0 bridgehead atoms. The molecule has 0 saturated heterocycles. The van der Waals surface area contributed by atoms with E-state index in [0.29, 0.717) is 0 Å². The van der Waals surface area contributed by atoms with Crippen molar-refractivity contribution in [3.63, 3.8) is 0 Å². The first kappa shape index (κ1) is 10.3. The van der Waals surface area contributed by atoms with E-state index in [4.69, 9.17) is 5.26 Å². The van der Waals surface area contributed by atoms with Crippen molar-refractivity contribution in [3.8, 4) is 17.6 Å². The van der Waals surface area contributed by atoms with Crippen molar-refractivity contribution < 1.29 is 14.2 Å². The van der Waals surface area contributed by atoms with Gasteiger partial charge in [0, 0.05) is 5.56 Å². The van der Waals surface area contributed by atoms with E-state index in [-0.39, 0.29) is 11.3 Å². The highest BCUT2D eigenvalue weighted by Gasteiger charge is 2.16. The lowest BCUT2D eigenvalue weighted by atomic mass is 10.0. The zero-order valence-electron chi connectivity index (χ0n) is 7.91. The summed E-state index contributed by atoms with van der Waals surface area (Å²) in [5.74, 6) is -1.92. The molecule has 0 fully saturated rings. The fraction of sp³-hybridized carbons (Fsp3) is 0.300. The zero-order valence-corrected chi connectivity index (χ0v) is 7.91. The summed E-state index contributed by atoms with van der Waals surface area (Å²) in [4.78, 5) is 0. The van der Waals surface area contributed by atoms with E-state index in [1.807, 2.05) is 6.07 Å². The van der Waals surface area contributed by atoms with E-state index in [0.717, 1.165) is 0 Å². The molecule has 0 amide bonds. The molecule has 74 valence electrons. The number of phenolic OH excluding ortho intramolecular Hbond substituents is 1. The lowest BCUT2D eigenvalue weighted by molar-refractivity contribution is 0.361. The number of hydrogen-bond acceptors (Lipinski definition) is 3. The minimum absolute atomic E-state index is 0.0311. The van der Waals surface area contributed by atoms with E-state index >= 15 is 0 Å². The average molecular weight is 195 g/mol. The van der Waals surface area contributed by atoms with E-state index in [2.05, 4.69) is 4.74 Å². The number of aromatic hydroxyl groups is 1. The van der Waals surface area contributed by atoms with Gasteiger partial charge in [-0.3, -0.25) is 0 Å². The molecule has 0 aromatic heterocycles. The molecule has 0 aliphatic carbocycles. The molecule has 0 spiro atoms. The summed E-state index contributed by atoms with van der Waals surface area (Å²) < 4.78 is 18.0. The fourth-order valence-electron chi connectivity index (χ4n) is 1.14. The molecule has 14 heavy (non-hydrogen) atoms. The second kappa shape index (κ2) is 3.97. The summed E-state index contributed by atoms with van der Waals surface area (Å²) in [5, 5.41) is 18.0. The van der Waals surface area contributed by atoms with Crippen molar-refractivity contribution in [2.75, 3.05) is 7.11 Å². The Labute approximate surface area is 81.4 Å². The largest absolute Gasteiger partial charge is 0.504 e. The number of hydrogen-bond donors (Lipinski definition) is 1. The highest BCUT2D eigenvalue weighted by molar-refractivity contribution is 5.44. The highest BCUT2D eigenvalue weighted by atomic mass is 19.1. The van der Waals surface area contributed by atoms with E-state index in [9.17, 15) is 9.50 Å². The van der Waals surface area contributed by atoms with Crippen LogP contribution in [-0.2, 0) is 0 Å². The van der Waals surface area contributed by atoms with E-state index in [1.54, 1.807) is 6.92 Å².